The van der Waals surface area contributed by atoms with E-state index in [1.807, 2.05) is 19.0 Å². The van der Waals surface area contributed by atoms with E-state index in [-0.39, 0.29) is 11.9 Å². The van der Waals surface area contributed by atoms with Gasteiger partial charge in [0.25, 0.3) is 5.91 Å². The van der Waals surface area contributed by atoms with Crippen LogP contribution >= 0.6 is 0 Å². The number of aliphatic hydroxyl groups is 1. The molecule has 0 radical (unpaired) electrons. The topological polar surface area (TPSA) is 69.6 Å². The molecule has 1 fully saturated rings. The van der Waals surface area contributed by atoms with Gasteiger partial charge in [0, 0.05) is 19.3 Å². The van der Waals surface area contributed by atoms with Gasteiger partial charge in [-0.1, -0.05) is 0 Å². The number of rotatable bonds is 2. The fourth-order valence-electron chi connectivity index (χ4n) is 2.21. The van der Waals surface area contributed by atoms with Crippen molar-refractivity contribution in [2.75, 3.05) is 27.2 Å². The summed E-state index contributed by atoms with van der Waals surface area (Å²) in [6.45, 7) is 2.67. The van der Waals surface area contributed by atoms with Crippen LogP contribution in [0.1, 0.15) is 16.1 Å². The molecule has 18 heavy (non-hydrogen) atoms. The number of aryl methyl sites for hydroxylation is 1. The predicted molar refractivity (Wildman–Crippen MR) is 66.2 cm³/mol. The third kappa shape index (κ3) is 2.34. The number of likely N-dealkylation sites (N-methyl/N-ethyl adjacent to an activating group) is 1. The molecule has 1 aromatic heterocycles. The number of aromatic nitrogens is 2. The highest BCUT2D eigenvalue weighted by molar-refractivity contribution is 5.95. The summed E-state index contributed by atoms with van der Waals surface area (Å²) in [7, 11) is 3.80. The molecule has 2 atom stereocenters. The van der Waals surface area contributed by atoms with E-state index < -0.39 is 6.10 Å². The smallest absolute Gasteiger partial charge is 0.257 e. The Morgan fingerprint density at radius 1 is 1.50 bits per heavy atom. The summed E-state index contributed by atoms with van der Waals surface area (Å²) >= 11 is 0. The van der Waals surface area contributed by atoms with Crippen LogP contribution in [0.5, 0.6) is 0 Å². The summed E-state index contributed by atoms with van der Waals surface area (Å²) in [6.07, 6.45) is 2.45. The van der Waals surface area contributed by atoms with Gasteiger partial charge in [0.1, 0.15) is 6.33 Å². The van der Waals surface area contributed by atoms with E-state index in [4.69, 9.17) is 0 Å². The number of carbonyl (C=O) groups is 1. The van der Waals surface area contributed by atoms with Gasteiger partial charge < -0.3 is 14.9 Å². The summed E-state index contributed by atoms with van der Waals surface area (Å²) in [5.41, 5.74) is 1.17. The average molecular weight is 250 g/mol. The first-order chi connectivity index (χ1) is 8.50. The highest BCUT2D eigenvalue weighted by Gasteiger charge is 2.35. The van der Waals surface area contributed by atoms with E-state index in [0.717, 1.165) is 0 Å². The molecule has 0 aliphatic carbocycles. The van der Waals surface area contributed by atoms with Crippen LogP contribution in [-0.4, -0.2) is 70.1 Å². The van der Waals surface area contributed by atoms with Crippen LogP contribution in [0.3, 0.4) is 0 Å². The molecule has 0 aromatic carbocycles. The lowest BCUT2D eigenvalue weighted by Crippen LogP contribution is -2.38. The van der Waals surface area contributed by atoms with Gasteiger partial charge in [-0.25, -0.2) is 9.97 Å². The van der Waals surface area contributed by atoms with Crippen molar-refractivity contribution in [1.29, 1.82) is 0 Å². The van der Waals surface area contributed by atoms with Crippen molar-refractivity contribution in [3.63, 3.8) is 0 Å². The van der Waals surface area contributed by atoms with Gasteiger partial charge in [-0.05, 0) is 21.0 Å². The van der Waals surface area contributed by atoms with Crippen LogP contribution in [0, 0.1) is 6.92 Å². The minimum Gasteiger partial charge on any atom is -0.390 e. The first-order valence-electron chi connectivity index (χ1n) is 5.91. The van der Waals surface area contributed by atoms with Gasteiger partial charge >= 0.3 is 0 Å². The molecular formula is C12H18N4O2. The Balaban J connectivity index is 2.15. The van der Waals surface area contributed by atoms with Crippen molar-refractivity contribution in [2.45, 2.75) is 19.1 Å². The third-order valence-corrected chi connectivity index (χ3v) is 3.35. The quantitative estimate of drug-likeness (QED) is 0.768. The minimum atomic E-state index is -0.506. The fraction of sp³-hybridized carbons (Fsp3) is 0.583. The van der Waals surface area contributed by atoms with E-state index in [0.29, 0.717) is 24.3 Å². The number of carbonyl (C=O) groups excluding carboxylic acids is 1. The molecule has 1 N–H and O–H groups in total. The molecule has 6 nitrogen and oxygen atoms in total. The molecular weight excluding hydrogens is 232 g/mol. The lowest BCUT2D eigenvalue weighted by Gasteiger charge is -2.21. The van der Waals surface area contributed by atoms with E-state index in [1.165, 1.54) is 12.5 Å². The Hall–Kier alpha value is -1.53. The zero-order valence-electron chi connectivity index (χ0n) is 10.9. The maximum absolute atomic E-state index is 12.3. The fourth-order valence-corrected chi connectivity index (χ4v) is 2.21. The maximum Gasteiger partial charge on any atom is 0.257 e. The molecule has 0 spiro atoms. The lowest BCUT2D eigenvalue weighted by molar-refractivity contribution is 0.0762. The zero-order chi connectivity index (χ0) is 13.3. The van der Waals surface area contributed by atoms with E-state index in [9.17, 15) is 9.90 Å². The summed E-state index contributed by atoms with van der Waals surface area (Å²) < 4.78 is 0. The first kappa shape index (κ1) is 12.9. The second kappa shape index (κ2) is 4.99. The molecule has 2 rings (SSSR count). The lowest BCUT2D eigenvalue weighted by atomic mass is 10.2. The van der Waals surface area contributed by atoms with Gasteiger partial charge in [-0.2, -0.15) is 0 Å². The van der Waals surface area contributed by atoms with Crippen molar-refractivity contribution < 1.29 is 9.90 Å². The predicted octanol–water partition coefficient (Wildman–Crippen LogP) is -0.468. The number of likely N-dealkylation sites (tertiary alicyclic amines) is 1. The molecule has 1 amide bonds. The summed E-state index contributed by atoms with van der Waals surface area (Å²) in [4.78, 5) is 23.8. The van der Waals surface area contributed by atoms with Crippen molar-refractivity contribution in [3.05, 3.63) is 23.8 Å². The third-order valence-electron chi connectivity index (χ3n) is 3.35. The minimum absolute atomic E-state index is 0.0149. The van der Waals surface area contributed by atoms with Crippen molar-refractivity contribution in [2.24, 2.45) is 0 Å². The molecule has 1 saturated heterocycles. The number of hydrogen-bond acceptors (Lipinski definition) is 5. The molecule has 0 unspecified atom stereocenters. The Bertz CT molecular complexity index is 449. The van der Waals surface area contributed by atoms with Crippen LogP contribution in [0.4, 0.5) is 0 Å². The van der Waals surface area contributed by atoms with E-state index in [1.54, 1.807) is 11.8 Å². The number of β-amino-alcohol motifs (C(OH)–C–C–N with tert-alkyl or cyclic N) is 1. The number of aliphatic hydroxyl groups excluding tert-OH is 1. The number of nitrogens with zero attached hydrogens (tertiary/aromatic N) is 4. The van der Waals surface area contributed by atoms with Crippen LogP contribution in [0.15, 0.2) is 12.5 Å². The van der Waals surface area contributed by atoms with Gasteiger partial charge in [-0.3, -0.25) is 4.79 Å². The second-order valence-corrected chi connectivity index (χ2v) is 4.83. The molecule has 0 saturated carbocycles. The molecule has 1 aromatic rings. The summed E-state index contributed by atoms with van der Waals surface area (Å²) in [5, 5.41) is 9.93. The average Bonchev–Trinajstić information content (AvgIpc) is 2.71. The van der Waals surface area contributed by atoms with Crippen molar-refractivity contribution >= 4 is 5.91 Å². The highest BCUT2D eigenvalue weighted by atomic mass is 16.3. The monoisotopic (exact) mass is 250 g/mol. The van der Waals surface area contributed by atoms with Gasteiger partial charge in [0.05, 0.1) is 23.4 Å². The SMILES string of the molecule is Cc1ncncc1C(=O)N1C[C@H](O)[C@@H](N(C)C)C1. The molecule has 0 bridgehead atoms. The standard InChI is InChI=1S/C12H18N4O2/c1-8-9(4-13-7-14-8)12(18)16-5-10(15(2)3)11(17)6-16/h4,7,10-11,17H,5-6H2,1-3H3/t10-,11-/m0/s1. The largest absolute Gasteiger partial charge is 0.390 e. The Morgan fingerprint density at radius 3 is 2.78 bits per heavy atom. The van der Waals surface area contributed by atoms with Crippen LogP contribution in [-0.2, 0) is 0 Å². The number of hydrogen-bond donors (Lipinski definition) is 1. The number of amides is 1. The highest BCUT2D eigenvalue weighted by Crippen LogP contribution is 2.17. The second-order valence-electron chi connectivity index (χ2n) is 4.83. The van der Waals surface area contributed by atoms with Crippen LogP contribution in [0.25, 0.3) is 0 Å². The summed E-state index contributed by atoms with van der Waals surface area (Å²) in [6, 6.07) is -0.0149. The molecule has 1 aliphatic heterocycles. The molecule has 2 heterocycles. The van der Waals surface area contributed by atoms with Gasteiger partial charge in [-0.15, -0.1) is 0 Å². The van der Waals surface area contributed by atoms with Crippen molar-refractivity contribution in [1.82, 2.24) is 19.8 Å². The van der Waals surface area contributed by atoms with E-state index >= 15 is 0 Å². The Morgan fingerprint density at radius 2 is 2.22 bits per heavy atom. The normalized spacial score (nSPS) is 23.7. The molecule has 1 aliphatic rings. The maximum atomic E-state index is 12.3. The first-order valence-corrected chi connectivity index (χ1v) is 5.91. The Kier molecular flexibility index (Phi) is 3.58. The van der Waals surface area contributed by atoms with Gasteiger partial charge in [0.15, 0.2) is 0 Å². The molecule has 98 valence electrons. The molecule has 6 heteroatoms. The van der Waals surface area contributed by atoms with Crippen LogP contribution < -0.4 is 0 Å². The summed E-state index contributed by atoms with van der Waals surface area (Å²) in [5.74, 6) is -0.114. The van der Waals surface area contributed by atoms with E-state index in [2.05, 4.69) is 9.97 Å². The van der Waals surface area contributed by atoms with Crippen LogP contribution in [0.2, 0.25) is 0 Å². The Labute approximate surface area is 106 Å². The van der Waals surface area contributed by atoms with Gasteiger partial charge in [0.2, 0.25) is 0 Å². The zero-order valence-corrected chi connectivity index (χ0v) is 10.9. The van der Waals surface area contributed by atoms with Crippen molar-refractivity contribution in [3.8, 4) is 0 Å².